The SMILES string of the molecule is CCOc1ccc(C(=O)CCC(=O)NCCOc2cccc(Cl)c2)cc1. The van der Waals surface area contributed by atoms with Gasteiger partial charge in [-0.25, -0.2) is 0 Å². The van der Waals surface area contributed by atoms with Crippen molar-refractivity contribution in [3.8, 4) is 11.5 Å². The Kier molecular flexibility index (Phi) is 7.96. The molecule has 0 saturated heterocycles. The number of Topliss-reactive ketones (excluding diaryl/α,β-unsaturated/α-hetero) is 1. The van der Waals surface area contributed by atoms with E-state index in [9.17, 15) is 9.59 Å². The van der Waals surface area contributed by atoms with E-state index in [1.165, 1.54) is 0 Å². The summed E-state index contributed by atoms with van der Waals surface area (Å²) in [6, 6.07) is 14.0. The minimum absolute atomic E-state index is 0.0709. The lowest BCUT2D eigenvalue weighted by atomic mass is 10.1. The average molecular weight is 376 g/mol. The number of hydrogen-bond acceptors (Lipinski definition) is 4. The van der Waals surface area contributed by atoms with Crippen molar-refractivity contribution in [2.24, 2.45) is 0 Å². The minimum atomic E-state index is -0.181. The van der Waals surface area contributed by atoms with Crippen molar-refractivity contribution in [2.75, 3.05) is 19.8 Å². The van der Waals surface area contributed by atoms with Crippen LogP contribution in [-0.2, 0) is 4.79 Å². The molecule has 0 aliphatic carbocycles. The molecule has 0 radical (unpaired) electrons. The lowest BCUT2D eigenvalue weighted by molar-refractivity contribution is -0.121. The van der Waals surface area contributed by atoms with Gasteiger partial charge in [-0.2, -0.15) is 0 Å². The van der Waals surface area contributed by atoms with Crippen LogP contribution in [0, 0.1) is 0 Å². The molecule has 0 saturated carbocycles. The summed E-state index contributed by atoms with van der Waals surface area (Å²) in [7, 11) is 0. The summed E-state index contributed by atoms with van der Waals surface area (Å²) in [6.07, 6.45) is 0.304. The Hall–Kier alpha value is -2.53. The fourth-order valence-electron chi connectivity index (χ4n) is 2.28. The van der Waals surface area contributed by atoms with Crippen LogP contribution in [0.25, 0.3) is 0 Å². The molecule has 0 atom stereocenters. The first-order valence-electron chi connectivity index (χ1n) is 8.49. The molecule has 1 amide bonds. The summed E-state index contributed by atoms with van der Waals surface area (Å²) in [4.78, 5) is 23.9. The molecule has 5 nitrogen and oxygen atoms in total. The van der Waals surface area contributed by atoms with E-state index < -0.39 is 0 Å². The molecule has 1 N–H and O–H groups in total. The van der Waals surface area contributed by atoms with Crippen LogP contribution in [0.1, 0.15) is 30.1 Å². The molecule has 2 aromatic rings. The van der Waals surface area contributed by atoms with E-state index in [1.54, 1.807) is 48.5 Å². The molecule has 0 aliphatic rings. The number of rotatable bonds is 10. The van der Waals surface area contributed by atoms with Gasteiger partial charge in [0.2, 0.25) is 5.91 Å². The second-order valence-corrected chi connectivity index (χ2v) is 5.97. The van der Waals surface area contributed by atoms with Crippen LogP contribution >= 0.6 is 11.6 Å². The molecular weight excluding hydrogens is 354 g/mol. The molecule has 26 heavy (non-hydrogen) atoms. The van der Waals surface area contributed by atoms with Crippen molar-refractivity contribution >= 4 is 23.3 Å². The number of carbonyl (C=O) groups is 2. The van der Waals surface area contributed by atoms with Crippen molar-refractivity contribution in [2.45, 2.75) is 19.8 Å². The third kappa shape index (κ3) is 6.76. The Morgan fingerprint density at radius 3 is 2.46 bits per heavy atom. The minimum Gasteiger partial charge on any atom is -0.494 e. The van der Waals surface area contributed by atoms with E-state index in [-0.39, 0.29) is 24.5 Å². The number of ketones is 1. The van der Waals surface area contributed by atoms with Gasteiger partial charge in [-0.3, -0.25) is 9.59 Å². The standard InChI is InChI=1S/C20H22ClNO4/c1-2-25-17-8-6-15(7-9-17)19(23)10-11-20(24)22-12-13-26-18-5-3-4-16(21)14-18/h3-9,14H,2,10-13H2,1H3,(H,22,24). The fraction of sp³-hybridized carbons (Fsp3) is 0.300. The van der Waals surface area contributed by atoms with Crippen LogP contribution in [0.2, 0.25) is 5.02 Å². The van der Waals surface area contributed by atoms with Crippen molar-refractivity contribution in [3.05, 3.63) is 59.1 Å². The topological polar surface area (TPSA) is 64.6 Å². The van der Waals surface area contributed by atoms with E-state index in [2.05, 4.69) is 5.32 Å². The second-order valence-electron chi connectivity index (χ2n) is 5.54. The van der Waals surface area contributed by atoms with E-state index >= 15 is 0 Å². The maximum Gasteiger partial charge on any atom is 0.220 e. The molecule has 0 bridgehead atoms. The van der Waals surface area contributed by atoms with Crippen molar-refractivity contribution in [1.82, 2.24) is 5.32 Å². The van der Waals surface area contributed by atoms with Gasteiger partial charge in [0.1, 0.15) is 18.1 Å². The molecule has 6 heteroatoms. The molecular formula is C20H22ClNO4. The van der Waals surface area contributed by atoms with Gasteiger partial charge >= 0.3 is 0 Å². The molecule has 138 valence electrons. The third-order valence-electron chi connectivity index (χ3n) is 3.56. The second kappa shape index (κ2) is 10.5. The smallest absolute Gasteiger partial charge is 0.220 e. The molecule has 0 fully saturated rings. The summed E-state index contributed by atoms with van der Waals surface area (Å²) >= 11 is 5.87. The molecule has 0 heterocycles. The Balaban J connectivity index is 1.65. The lowest BCUT2D eigenvalue weighted by Crippen LogP contribution is -2.28. The predicted molar refractivity (Wildman–Crippen MR) is 101 cm³/mol. The highest BCUT2D eigenvalue weighted by Crippen LogP contribution is 2.17. The maximum absolute atomic E-state index is 12.1. The number of ether oxygens (including phenoxy) is 2. The van der Waals surface area contributed by atoms with Gasteiger partial charge in [-0.1, -0.05) is 17.7 Å². The number of halogens is 1. The average Bonchev–Trinajstić information content (AvgIpc) is 2.64. The van der Waals surface area contributed by atoms with Crippen LogP contribution in [0.15, 0.2) is 48.5 Å². The van der Waals surface area contributed by atoms with Gasteiger partial charge in [0.25, 0.3) is 0 Å². The van der Waals surface area contributed by atoms with Crippen molar-refractivity contribution in [3.63, 3.8) is 0 Å². The Bertz CT molecular complexity index is 731. The zero-order valence-electron chi connectivity index (χ0n) is 14.7. The zero-order chi connectivity index (χ0) is 18.8. The van der Waals surface area contributed by atoms with Crippen molar-refractivity contribution in [1.29, 1.82) is 0 Å². The molecule has 0 unspecified atom stereocenters. The van der Waals surface area contributed by atoms with Crippen LogP contribution in [0.4, 0.5) is 0 Å². The molecule has 0 aromatic heterocycles. The molecule has 0 aliphatic heterocycles. The number of benzene rings is 2. The highest BCUT2D eigenvalue weighted by atomic mass is 35.5. The largest absolute Gasteiger partial charge is 0.494 e. The quantitative estimate of drug-likeness (QED) is 0.505. The first kappa shape index (κ1) is 19.8. The number of hydrogen-bond donors (Lipinski definition) is 1. The highest BCUT2D eigenvalue weighted by molar-refractivity contribution is 6.30. The van der Waals surface area contributed by atoms with E-state index in [1.807, 2.05) is 6.92 Å². The van der Waals surface area contributed by atoms with Gasteiger partial charge < -0.3 is 14.8 Å². The molecule has 2 rings (SSSR count). The first-order chi connectivity index (χ1) is 12.6. The summed E-state index contributed by atoms with van der Waals surface area (Å²) in [5, 5.41) is 3.33. The lowest BCUT2D eigenvalue weighted by Gasteiger charge is -2.08. The third-order valence-corrected chi connectivity index (χ3v) is 3.79. The predicted octanol–water partition coefficient (Wildman–Crippen LogP) is 3.90. The molecule has 0 spiro atoms. The maximum atomic E-state index is 12.1. The van der Waals surface area contributed by atoms with Gasteiger partial charge in [0.05, 0.1) is 13.2 Å². The van der Waals surface area contributed by atoms with Crippen LogP contribution in [-0.4, -0.2) is 31.4 Å². The summed E-state index contributed by atoms with van der Waals surface area (Å²) < 4.78 is 10.8. The summed E-state index contributed by atoms with van der Waals surface area (Å²) in [6.45, 7) is 3.17. The fourth-order valence-corrected chi connectivity index (χ4v) is 2.46. The summed E-state index contributed by atoms with van der Waals surface area (Å²) in [5.74, 6) is 1.12. The van der Waals surface area contributed by atoms with Crippen LogP contribution in [0.3, 0.4) is 0 Å². The van der Waals surface area contributed by atoms with Gasteiger partial charge in [-0.15, -0.1) is 0 Å². The highest BCUT2D eigenvalue weighted by Gasteiger charge is 2.09. The van der Waals surface area contributed by atoms with E-state index in [4.69, 9.17) is 21.1 Å². The Morgan fingerprint density at radius 2 is 1.77 bits per heavy atom. The zero-order valence-corrected chi connectivity index (χ0v) is 15.4. The monoisotopic (exact) mass is 375 g/mol. The van der Waals surface area contributed by atoms with Crippen LogP contribution in [0.5, 0.6) is 11.5 Å². The first-order valence-corrected chi connectivity index (χ1v) is 8.87. The van der Waals surface area contributed by atoms with E-state index in [0.717, 1.165) is 5.75 Å². The van der Waals surface area contributed by atoms with Crippen molar-refractivity contribution < 1.29 is 19.1 Å². The number of nitrogens with one attached hydrogen (secondary N) is 1. The Morgan fingerprint density at radius 1 is 1.00 bits per heavy atom. The van der Waals surface area contributed by atoms with Gasteiger partial charge in [-0.05, 0) is 49.4 Å². The Labute approximate surface area is 158 Å². The normalized spacial score (nSPS) is 10.2. The molecule has 2 aromatic carbocycles. The van der Waals surface area contributed by atoms with Gasteiger partial charge in [0.15, 0.2) is 5.78 Å². The van der Waals surface area contributed by atoms with Crippen LogP contribution < -0.4 is 14.8 Å². The summed E-state index contributed by atoms with van der Waals surface area (Å²) in [5.41, 5.74) is 0.575. The number of amides is 1. The van der Waals surface area contributed by atoms with E-state index in [0.29, 0.717) is 36.1 Å². The van der Waals surface area contributed by atoms with Gasteiger partial charge in [0, 0.05) is 23.4 Å². The number of carbonyl (C=O) groups excluding carboxylic acids is 2.